The normalized spacial score (nSPS) is 11.4. The van der Waals surface area contributed by atoms with E-state index in [2.05, 4.69) is 5.32 Å². The fourth-order valence-corrected chi connectivity index (χ4v) is 1.76. The number of hydrogen-bond acceptors (Lipinski definition) is 4. The molecule has 0 bridgehead atoms. The first kappa shape index (κ1) is 15.1. The Hall–Kier alpha value is -0.970. The topological polar surface area (TPSA) is 50.7 Å². The summed E-state index contributed by atoms with van der Waals surface area (Å²) < 4.78 is 10.6. The molecule has 1 aromatic carbocycles. The van der Waals surface area contributed by atoms with Gasteiger partial charge >= 0.3 is 0 Å². The highest BCUT2D eigenvalue weighted by molar-refractivity contribution is 6.30. The van der Waals surface area contributed by atoms with Crippen LogP contribution in [0.15, 0.2) is 12.1 Å². The van der Waals surface area contributed by atoms with Gasteiger partial charge in [0.2, 0.25) is 0 Å². The molecule has 0 heterocycles. The predicted molar refractivity (Wildman–Crippen MR) is 72.6 cm³/mol. The quantitative estimate of drug-likeness (QED) is 0.834. The minimum atomic E-state index is -0.361. The number of aliphatic hydroxyl groups is 1. The number of ether oxygens (including phenoxy) is 2. The molecule has 0 unspecified atom stereocenters. The fourth-order valence-electron chi connectivity index (χ4n) is 1.53. The smallest absolute Gasteiger partial charge is 0.165 e. The summed E-state index contributed by atoms with van der Waals surface area (Å²) in [4.78, 5) is 0. The van der Waals surface area contributed by atoms with Gasteiger partial charge < -0.3 is 19.9 Å². The second kappa shape index (κ2) is 6.27. The first-order chi connectivity index (χ1) is 8.43. The van der Waals surface area contributed by atoms with Crippen LogP contribution < -0.4 is 14.8 Å². The lowest BCUT2D eigenvalue weighted by Gasteiger charge is -2.24. The molecule has 0 aliphatic carbocycles. The minimum Gasteiger partial charge on any atom is -0.493 e. The summed E-state index contributed by atoms with van der Waals surface area (Å²) in [6, 6.07) is 3.53. The second-order valence-corrected chi connectivity index (χ2v) is 5.13. The molecule has 0 saturated heterocycles. The molecule has 0 aromatic heterocycles. The van der Waals surface area contributed by atoms with E-state index in [9.17, 15) is 5.11 Å². The Morgan fingerprint density at radius 1 is 1.28 bits per heavy atom. The average molecular weight is 274 g/mol. The van der Waals surface area contributed by atoms with Gasteiger partial charge in [-0.1, -0.05) is 11.6 Å². The average Bonchev–Trinajstić information content (AvgIpc) is 2.35. The molecule has 102 valence electrons. The molecule has 0 amide bonds. The van der Waals surface area contributed by atoms with Crippen LogP contribution in [0.1, 0.15) is 19.4 Å². The number of benzene rings is 1. The van der Waals surface area contributed by atoms with E-state index in [0.29, 0.717) is 23.1 Å². The monoisotopic (exact) mass is 273 g/mol. The van der Waals surface area contributed by atoms with Gasteiger partial charge in [0.15, 0.2) is 11.5 Å². The van der Waals surface area contributed by atoms with Crippen LogP contribution in [0.4, 0.5) is 0 Å². The third-order valence-corrected chi connectivity index (χ3v) is 2.89. The molecular formula is C13H20ClNO3. The third kappa shape index (κ3) is 3.77. The Morgan fingerprint density at radius 3 is 2.44 bits per heavy atom. The number of rotatable bonds is 6. The van der Waals surface area contributed by atoms with Crippen molar-refractivity contribution in [2.75, 3.05) is 20.8 Å². The summed E-state index contributed by atoms with van der Waals surface area (Å²) in [6.45, 7) is 4.42. The molecule has 0 radical (unpaired) electrons. The maximum atomic E-state index is 9.21. The standard InChI is InChI=1S/C13H20ClNO3/c1-13(2,8-16)15-7-9-5-10(14)6-11(17-3)12(9)18-4/h5-6,15-16H,7-8H2,1-4H3. The van der Waals surface area contributed by atoms with Gasteiger partial charge in [0.1, 0.15) is 0 Å². The lowest BCUT2D eigenvalue weighted by atomic mass is 10.1. The largest absolute Gasteiger partial charge is 0.493 e. The van der Waals surface area contributed by atoms with Gasteiger partial charge in [-0.05, 0) is 19.9 Å². The molecule has 1 aromatic rings. The van der Waals surface area contributed by atoms with Crippen LogP contribution in [0, 0.1) is 0 Å². The molecule has 0 aliphatic heterocycles. The van der Waals surface area contributed by atoms with Crippen LogP contribution in [0.3, 0.4) is 0 Å². The SMILES string of the molecule is COc1cc(Cl)cc(CNC(C)(C)CO)c1OC. The summed E-state index contributed by atoms with van der Waals surface area (Å²) in [5.74, 6) is 1.26. The molecule has 0 aliphatic rings. The summed E-state index contributed by atoms with van der Waals surface area (Å²) >= 11 is 6.03. The van der Waals surface area contributed by atoms with E-state index in [0.717, 1.165) is 5.56 Å². The second-order valence-electron chi connectivity index (χ2n) is 4.70. The molecule has 0 spiro atoms. The molecule has 18 heavy (non-hydrogen) atoms. The third-order valence-electron chi connectivity index (χ3n) is 2.67. The van der Waals surface area contributed by atoms with E-state index in [1.54, 1.807) is 20.3 Å². The van der Waals surface area contributed by atoms with E-state index in [1.165, 1.54) is 0 Å². The Labute approximate surface area is 113 Å². The Kier molecular flexibility index (Phi) is 5.26. The first-order valence-corrected chi connectivity index (χ1v) is 6.07. The molecule has 0 atom stereocenters. The van der Waals surface area contributed by atoms with Gasteiger partial charge in [0.25, 0.3) is 0 Å². The molecule has 4 nitrogen and oxygen atoms in total. The molecule has 5 heteroatoms. The number of nitrogens with one attached hydrogen (secondary N) is 1. The number of hydrogen-bond donors (Lipinski definition) is 2. The molecule has 1 rings (SSSR count). The van der Waals surface area contributed by atoms with Crippen LogP contribution in [0.5, 0.6) is 11.5 Å². The highest BCUT2D eigenvalue weighted by Crippen LogP contribution is 2.34. The zero-order chi connectivity index (χ0) is 13.8. The van der Waals surface area contributed by atoms with Crippen molar-refractivity contribution in [3.63, 3.8) is 0 Å². The van der Waals surface area contributed by atoms with E-state index in [-0.39, 0.29) is 12.1 Å². The van der Waals surface area contributed by atoms with Crippen LogP contribution >= 0.6 is 11.6 Å². The molecule has 2 N–H and O–H groups in total. The van der Waals surface area contributed by atoms with Crippen molar-refractivity contribution in [2.45, 2.75) is 25.9 Å². The van der Waals surface area contributed by atoms with Crippen molar-refractivity contribution in [1.82, 2.24) is 5.32 Å². The zero-order valence-electron chi connectivity index (χ0n) is 11.2. The van der Waals surface area contributed by atoms with Crippen molar-refractivity contribution in [3.8, 4) is 11.5 Å². The Bertz CT molecular complexity index is 407. The van der Waals surface area contributed by atoms with Gasteiger partial charge in [-0.15, -0.1) is 0 Å². The maximum absolute atomic E-state index is 9.21. The van der Waals surface area contributed by atoms with Crippen LogP contribution in [0.2, 0.25) is 5.02 Å². The zero-order valence-corrected chi connectivity index (χ0v) is 12.0. The van der Waals surface area contributed by atoms with Gasteiger partial charge in [-0.2, -0.15) is 0 Å². The molecular weight excluding hydrogens is 254 g/mol. The van der Waals surface area contributed by atoms with Crippen LogP contribution in [-0.2, 0) is 6.54 Å². The van der Waals surface area contributed by atoms with Crippen molar-refractivity contribution < 1.29 is 14.6 Å². The van der Waals surface area contributed by atoms with Crippen molar-refractivity contribution in [2.24, 2.45) is 0 Å². The van der Waals surface area contributed by atoms with E-state index in [4.69, 9.17) is 21.1 Å². The fraction of sp³-hybridized carbons (Fsp3) is 0.538. The maximum Gasteiger partial charge on any atom is 0.165 e. The summed E-state index contributed by atoms with van der Waals surface area (Å²) in [6.07, 6.45) is 0. The van der Waals surface area contributed by atoms with Crippen molar-refractivity contribution in [1.29, 1.82) is 0 Å². The Balaban J connectivity index is 2.97. The lowest BCUT2D eigenvalue weighted by molar-refractivity contribution is 0.187. The highest BCUT2D eigenvalue weighted by atomic mass is 35.5. The molecule has 0 saturated carbocycles. The van der Waals surface area contributed by atoms with Gasteiger partial charge in [-0.3, -0.25) is 0 Å². The minimum absolute atomic E-state index is 0.0486. The number of aliphatic hydroxyl groups excluding tert-OH is 1. The van der Waals surface area contributed by atoms with Crippen LogP contribution in [0.25, 0.3) is 0 Å². The van der Waals surface area contributed by atoms with E-state index in [1.807, 2.05) is 19.9 Å². The lowest BCUT2D eigenvalue weighted by Crippen LogP contribution is -2.42. The summed E-state index contributed by atoms with van der Waals surface area (Å²) in [7, 11) is 3.16. The number of methoxy groups -OCH3 is 2. The van der Waals surface area contributed by atoms with Crippen molar-refractivity contribution in [3.05, 3.63) is 22.7 Å². The first-order valence-electron chi connectivity index (χ1n) is 5.70. The highest BCUT2D eigenvalue weighted by Gasteiger charge is 2.18. The predicted octanol–water partition coefficient (Wildman–Crippen LogP) is 2.22. The van der Waals surface area contributed by atoms with E-state index >= 15 is 0 Å². The van der Waals surface area contributed by atoms with E-state index < -0.39 is 0 Å². The van der Waals surface area contributed by atoms with Gasteiger partial charge in [0.05, 0.1) is 20.8 Å². The molecule has 0 fully saturated rings. The van der Waals surface area contributed by atoms with Gasteiger partial charge in [-0.25, -0.2) is 0 Å². The summed E-state index contributed by atoms with van der Waals surface area (Å²) in [5.41, 5.74) is 0.531. The Morgan fingerprint density at radius 2 is 1.94 bits per heavy atom. The number of halogens is 1. The van der Waals surface area contributed by atoms with Crippen molar-refractivity contribution >= 4 is 11.6 Å². The van der Waals surface area contributed by atoms with Crippen LogP contribution in [-0.4, -0.2) is 31.5 Å². The summed E-state index contributed by atoms with van der Waals surface area (Å²) in [5, 5.41) is 13.0. The van der Waals surface area contributed by atoms with Gasteiger partial charge in [0, 0.05) is 28.7 Å².